The maximum Gasteiger partial charge on any atom is 0.248 e. The number of fused-ring (bicyclic) bond motifs is 3. The Morgan fingerprint density at radius 1 is 1.56 bits per heavy atom. The van der Waals surface area contributed by atoms with Crippen LogP contribution in [0.4, 0.5) is 11.5 Å². The minimum Gasteiger partial charge on any atom is -0.341 e. The topological polar surface area (TPSA) is 50.2 Å². The molecule has 2 aliphatic rings. The van der Waals surface area contributed by atoms with Gasteiger partial charge in [0.05, 0.1) is 5.69 Å². The molecule has 1 atom stereocenters. The van der Waals surface area contributed by atoms with Crippen molar-refractivity contribution in [2.75, 3.05) is 28.3 Å². The Morgan fingerprint density at radius 3 is 3.17 bits per heavy atom. The van der Waals surface area contributed by atoms with Gasteiger partial charge in [-0.15, -0.1) is 0 Å². The van der Waals surface area contributed by atoms with E-state index in [1.54, 1.807) is 0 Å². The Hall–Kier alpha value is -1.17. The molecule has 2 aliphatic heterocycles. The van der Waals surface area contributed by atoms with Gasteiger partial charge in [0, 0.05) is 25.1 Å². The van der Waals surface area contributed by atoms with Crippen molar-refractivity contribution < 1.29 is 4.79 Å². The molecule has 0 bridgehead atoms. The number of hydrogen-bond donors (Lipinski definition) is 1. The largest absolute Gasteiger partial charge is 0.341 e. The number of aryl methyl sites for hydroxylation is 2. The fraction of sp³-hybridized carbons (Fsp3) is 0.667. The Balaban J connectivity index is 2.05. The molecule has 1 fully saturated rings. The molecule has 3 heterocycles. The highest BCUT2D eigenvalue weighted by Crippen LogP contribution is 2.37. The van der Waals surface area contributed by atoms with Crippen molar-refractivity contribution >= 4 is 29.2 Å². The van der Waals surface area contributed by atoms with Crippen LogP contribution >= 0.6 is 11.8 Å². The van der Waals surface area contributed by atoms with E-state index >= 15 is 0 Å². The Labute approximate surface area is 111 Å². The van der Waals surface area contributed by atoms with Crippen molar-refractivity contribution in [1.29, 1.82) is 0 Å². The summed E-state index contributed by atoms with van der Waals surface area (Å²) in [5, 5.41) is 7.62. The maximum absolute atomic E-state index is 12.2. The average molecular weight is 266 g/mol. The monoisotopic (exact) mass is 266 g/mol. The fourth-order valence-corrected chi connectivity index (χ4v) is 3.77. The van der Waals surface area contributed by atoms with Gasteiger partial charge >= 0.3 is 0 Å². The molecule has 1 aromatic rings. The predicted octanol–water partition coefficient (Wildman–Crippen LogP) is 1.25. The third kappa shape index (κ3) is 1.70. The van der Waals surface area contributed by atoms with Gasteiger partial charge in [-0.2, -0.15) is 16.9 Å². The van der Waals surface area contributed by atoms with Crippen LogP contribution < -0.4 is 10.2 Å². The summed E-state index contributed by atoms with van der Waals surface area (Å²) in [6.07, 6.45) is 1.95. The summed E-state index contributed by atoms with van der Waals surface area (Å²) in [4.78, 5) is 14.4. The number of anilines is 2. The maximum atomic E-state index is 12.2. The van der Waals surface area contributed by atoms with Crippen molar-refractivity contribution in [3.8, 4) is 0 Å². The van der Waals surface area contributed by atoms with Crippen LogP contribution in [0.5, 0.6) is 0 Å². The van der Waals surface area contributed by atoms with E-state index in [4.69, 9.17) is 0 Å². The van der Waals surface area contributed by atoms with Crippen molar-refractivity contribution in [1.82, 2.24) is 9.78 Å². The summed E-state index contributed by atoms with van der Waals surface area (Å²) < 4.78 is 1.92. The summed E-state index contributed by atoms with van der Waals surface area (Å²) in [5.41, 5.74) is 1.95. The molecule has 0 aromatic carbocycles. The summed E-state index contributed by atoms with van der Waals surface area (Å²) >= 11 is 1.85. The zero-order valence-corrected chi connectivity index (χ0v) is 11.6. The first-order valence-corrected chi connectivity index (χ1v) is 7.59. The third-order valence-corrected chi connectivity index (χ3v) is 4.55. The van der Waals surface area contributed by atoms with Gasteiger partial charge in [0.1, 0.15) is 11.7 Å². The quantitative estimate of drug-likeness (QED) is 0.875. The summed E-state index contributed by atoms with van der Waals surface area (Å²) in [7, 11) is 1.97. The lowest BCUT2D eigenvalue weighted by atomic mass is 10.1. The van der Waals surface area contributed by atoms with Gasteiger partial charge in [-0.3, -0.25) is 9.48 Å². The zero-order valence-electron chi connectivity index (χ0n) is 10.8. The van der Waals surface area contributed by atoms with E-state index in [2.05, 4.69) is 22.2 Å². The molecule has 1 amide bonds. The van der Waals surface area contributed by atoms with E-state index in [0.717, 1.165) is 48.1 Å². The smallest absolute Gasteiger partial charge is 0.248 e. The SMILES string of the molecule is CCCc1nn(C)c2c1NC(=O)C1CSCCN21. The molecule has 5 nitrogen and oxygen atoms in total. The highest BCUT2D eigenvalue weighted by atomic mass is 32.2. The molecule has 1 aromatic heterocycles. The van der Waals surface area contributed by atoms with Crippen molar-refractivity contribution in [3.63, 3.8) is 0 Å². The number of nitrogens with one attached hydrogen (secondary N) is 1. The molecular formula is C12H18N4OS. The normalized spacial score (nSPS) is 22.4. The van der Waals surface area contributed by atoms with E-state index < -0.39 is 0 Å². The highest BCUT2D eigenvalue weighted by molar-refractivity contribution is 7.99. The summed E-state index contributed by atoms with van der Waals surface area (Å²) in [6.45, 7) is 3.06. The van der Waals surface area contributed by atoms with Crippen LogP contribution in [0.3, 0.4) is 0 Å². The first kappa shape index (κ1) is 11.9. The first-order chi connectivity index (χ1) is 8.72. The van der Waals surface area contributed by atoms with Gasteiger partial charge in [0.25, 0.3) is 0 Å². The molecule has 1 N–H and O–H groups in total. The first-order valence-electron chi connectivity index (χ1n) is 6.43. The van der Waals surface area contributed by atoms with Gasteiger partial charge in [-0.05, 0) is 6.42 Å². The molecule has 98 valence electrons. The van der Waals surface area contributed by atoms with Crippen molar-refractivity contribution in [2.24, 2.45) is 7.05 Å². The molecule has 0 radical (unpaired) electrons. The molecule has 6 heteroatoms. The summed E-state index contributed by atoms with van der Waals surface area (Å²) in [5.74, 6) is 3.17. The van der Waals surface area contributed by atoms with E-state index in [1.807, 2.05) is 23.5 Å². The second-order valence-corrected chi connectivity index (χ2v) is 5.94. The van der Waals surface area contributed by atoms with Crippen LogP contribution in [-0.4, -0.2) is 39.8 Å². The molecule has 0 aliphatic carbocycles. The number of carbonyl (C=O) groups excluding carboxylic acids is 1. The van der Waals surface area contributed by atoms with Crippen LogP contribution in [-0.2, 0) is 18.3 Å². The molecule has 0 saturated carbocycles. The number of rotatable bonds is 2. The average Bonchev–Trinajstić information content (AvgIpc) is 2.67. The van der Waals surface area contributed by atoms with Gasteiger partial charge in [-0.1, -0.05) is 13.3 Å². The molecule has 1 unspecified atom stereocenters. The number of nitrogens with zero attached hydrogens (tertiary/aromatic N) is 3. The standard InChI is InChI=1S/C12H18N4OS/c1-3-4-8-10-12(15(2)14-8)16-5-6-18-7-9(16)11(17)13-10/h9H,3-7H2,1-2H3,(H,13,17). The van der Waals surface area contributed by atoms with Crippen molar-refractivity contribution in [3.05, 3.63) is 5.69 Å². The molecule has 18 heavy (non-hydrogen) atoms. The van der Waals surface area contributed by atoms with Crippen LogP contribution in [0.15, 0.2) is 0 Å². The van der Waals surface area contributed by atoms with E-state index in [9.17, 15) is 4.79 Å². The Morgan fingerprint density at radius 2 is 2.39 bits per heavy atom. The minimum absolute atomic E-state index is 0.0267. The van der Waals surface area contributed by atoms with Gasteiger partial charge in [0.2, 0.25) is 5.91 Å². The van der Waals surface area contributed by atoms with Crippen LogP contribution in [0.1, 0.15) is 19.0 Å². The van der Waals surface area contributed by atoms with Crippen LogP contribution in [0, 0.1) is 0 Å². The van der Waals surface area contributed by atoms with Gasteiger partial charge in [0.15, 0.2) is 5.82 Å². The van der Waals surface area contributed by atoms with E-state index in [0.29, 0.717) is 0 Å². The highest BCUT2D eigenvalue weighted by Gasteiger charge is 2.38. The van der Waals surface area contributed by atoms with E-state index in [1.165, 1.54) is 0 Å². The number of hydrogen-bond acceptors (Lipinski definition) is 4. The van der Waals surface area contributed by atoms with Crippen LogP contribution in [0.2, 0.25) is 0 Å². The lowest BCUT2D eigenvalue weighted by molar-refractivity contribution is -0.117. The Bertz CT molecular complexity index is 485. The molecule has 1 saturated heterocycles. The second-order valence-electron chi connectivity index (χ2n) is 4.79. The zero-order chi connectivity index (χ0) is 12.7. The van der Waals surface area contributed by atoms with Crippen LogP contribution in [0.25, 0.3) is 0 Å². The summed E-state index contributed by atoms with van der Waals surface area (Å²) in [6, 6.07) is -0.0267. The number of aromatic nitrogens is 2. The molecule has 3 rings (SSSR count). The van der Waals surface area contributed by atoms with Gasteiger partial charge < -0.3 is 10.2 Å². The number of thioether (sulfide) groups is 1. The number of amides is 1. The number of carbonyl (C=O) groups is 1. The molecule has 0 spiro atoms. The lowest BCUT2D eigenvalue weighted by Crippen LogP contribution is -2.53. The third-order valence-electron chi connectivity index (χ3n) is 3.53. The molecular weight excluding hydrogens is 248 g/mol. The van der Waals surface area contributed by atoms with E-state index in [-0.39, 0.29) is 11.9 Å². The second kappa shape index (κ2) is 4.50. The lowest BCUT2D eigenvalue weighted by Gasteiger charge is -2.39. The van der Waals surface area contributed by atoms with Crippen molar-refractivity contribution in [2.45, 2.75) is 25.8 Å². The van der Waals surface area contributed by atoms with Gasteiger partial charge in [-0.25, -0.2) is 0 Å². The fourth-order valence-electron chi connectivity index (χ4n) is 2.72. The Kier molecular flexibility index (Phi) is 2.97. The predicted molar refractivity (Wildman–Crippen MR) is 74.3 cm³/mol. The minimum atomic E-state index is -0.0267.